The molecule has 1 fully saturated rings. The third-order valence-electron chi connectivity index (χ3n) is 10.4. The minimum atomic E-state index is -0.442. The van der Waals surface area contributed by atoms with Crippen LogP contribution < -0.4 is 30.1 Å². The number of hydrogen-bond donors (Lipinski definition) is 1. The molecule has 1 amide bonds. The van der Waals surface area contributed by atoms with E-state index in [-0.39, 0.29) is 12.2 Å². The molecule has 57 heavy (non-hydrogen) atoms. The van der Waals surface area contributed by atoms with Gasteiger partial charge >= 0.3 is 6.09 Å². The van der Waals surface area contributed by atoms with Crippen LogP contribution in [0.2, 0.25) is 0 Å². The summed E-state index contributed by atoms with van der Waals surface area (Å²) in [6.07, 6.45) is 1.29. The summed E-state index contributed by atoms with van der Waals surface area (Å²) >= 11 is 0. The number of anilines is 4. The number of para-hydroxylation sites is 1. The standard InChI is InChI=1S/C44H45N7O6/c1-30-8-7-11-37-40(30)50(44(53)57-29-32-9-5-4-6-10-32)19-18-49(37)38-24-34-27-46-43(45-26-33-14-17-36(54-2)25-39(33)55-3)47-41(34)51(42(38)52)35-15-12-31(13-16-35)28-48-20-22-56-23-21-48/h4-17,24-25,27H,18-23,26,28-29H2,1-3H3,(H,45,46,47). The lowest BCUT2D eigenvalue weighted by Crippen LogP contribution is -2.44. The average molecular weight is 768 g/mol. The number of methoxy groups -OCH3 is 2. The summed E-state index contributed by atoms with van der Waals surface area (Å²) in [6, 6.07) is 31.0. The van der Waals surface area contributed by atoms with Crippen LogP contribution in [0.4, 0.5) is 27.8 Å². The van der Waals surface area contributed by atoms with Gasteiger partial charge in [0.25, 0.3) is 5.56 Å². The number of carbonyl (C=O) groups is 1. The second kappa shape index (κ2) is 16.7. The number of carbonyl (C=O) groups excluding carboxylic acids is 1. The number of rotatable bonds is 11. The number of nitrogens with zero attached hydrogens (tertiary/aromatic N) is 6. The van der Waals surface area contributed by atoms with Crippen molar-refractivity contribution in [2.45, 2.75) is 26.6 Å². The van der Waals surface area contributed by atoms with Crippen LogP contribution in [-0.4, -0.2) is 79.1 Å². The summed E-state index contributed by atoms with van der Waals surface area (Å²) in [7, 11) is 3.23. The summed E-state index contributed by atoms with van der Waals surface area (Å²) in [5.74, 6) is 1.71. The maximum atomic E-state index is 15.0. The molecule has 8 rings (SSSR count). The first kappa shape index (κ1) is 37.5. The molecule has 0 unspecified atom stereocenters. The Labute approximate surface area is 331 Å². The number of pyridine rings is 1. The van der Waals surface area contributed by atoms with Crippen LogP contribution in [0.3, 0.4) is 0 Å². The lowest BCUT2D eigenvalue weighted by atomic mass is 10.1. The number of hydrogen-bond acceptors (Lipinski definition) is 11. The molecule has 1 N–H and O–H groups in total. The maximum Gasteiger partial charge on any atom is 0.414 e. The largest absolute Gasteiger partial charge is 0.497 e. The number of aryl methyl sites for hydroxylation is 1. The van der Waals surface area contributed by atoms with E-state index in [0.717, 1.165) is 60.8 Å². The van der Waals surface area contributed by atoms with Crippen molar-refractivity contribution >= 4 is 40.1 Å². The highest BCUT2D eigenvalue weighted by molar-refractivity contribution is 5.97. The monoisotopic (exact) mass is 767 g/mol. The van der Waals surface area contributed by atoms with Crippen molar-refractivity contribution in [1.82, 2.24) is 19.4 Å². The van der Waals surface area contributed by atoms with E-state index >= 15 is 0 Å². The van der Waals surface area contributed by atoms with Crippen LogP contribution in [0, 0.1) is 6.92 Å². The van der Waals surface area contributed by atoms with Gasteiger partial charge in [-0.2, -0.15) is 4.98 Å². The predicted octanol–water partition coefficient (Wildman–Crippen LogP) is 6.85. The van der Waals surface area contributed by atoms with Crippen molar-refractivity contribution in [2.75, 3.05) is 68.7 Å². The fourth-order valence-electron chi connectivity index (χ4n) is 7.42. The highest BCUT2D eigenvalue weighted by atomic mass is 16.6. The van der Waals surface area contributed by atoms with Crippen LogP contribution in [0.1, 0.15) is 22.3 Å². The number of ether oxygens (including phenoxy) is 4. The Morgan fingerprint density at radius 1 is 0.842 bits per heavy atom. The van der Waals surface area contributed by atoms with E-state index in [1.807, 2.05) is 96.8 Å². The summed E-state index contributed by atoms with van der Waals surface area (Å²) in [6.45, 7) is 7.16. The van der Waals surface area contributed by atoms with Crippen molar-refractivity contribution < 1.29 is 23.7 Å². The summed E-state index contributed by atoms with van der Waals surface area (Å²) < 4.78 is 23.9. The van der Waals surface area contributed by atoms with E-state index in [0.29, 0.717) is 65.2 Å². The zero-order chi connectivity index (χ0) is 39.3. The van der Waals surface area contributed by atoms with E-state index in [4.69, 9.17) is 23.9 Å². The molecule has 13 heteroatoms. The van der Waals surface area contributed by atoms with Crippen LogP contribution >= 0.6 is 0 Å². The third-order valence-corrected chi connectivity index (χ3v) is 10.4. The minimum Gasteiger partial charge on any atom is -0.497 e. The number of aromatic nitrogens is 3. The van der Waals surface area contributed by atoms with Gasteiger partial charge in [-0.1, -0.05) is 54.6 Å². The van der Waals surface area contributed by atoms with E-state index in [2.05, 4.69) is 27.3 Å². The van der Waals surface area contributed by atoms with Crippen molar-refractivity contribution in [3.63, 3.8) is 0 Å². The molecule has 292 valence electrons. The molecular formula is C44H45N7O6. The molecule has 6 aromatic rings. The van der Waals surface area contributed by atoms with Gasteiger partial charge in [-0.15, -0.1) is 0 Å². The molecule has 4 heterocycles. The van der Waals surface area contributed by atoms with Crippen molar-refractivity contribution in [3.05, 3.63) is 136 Å². The number of benzene rings is 4. The molecule has 0 aliphatic carbocycles. The zero-order valence-corrected chi connectivity index (χ0v) is 32.3. The highest BCUT2D eigenvalue weighted by Gasteiger charge is 2.32. The molecule has 0 bridgehead atoms. The van der Waals surface area contributed by atoms with Crippen molar-refractivity contribution in [1.29, 1.82) is 0 Å². The second-order valence-corrected chi connectivity index (χ2v) is 14.0. The van der Waals surface area contributed by atoms with Gasteiger partial charge in [0, 0.05) is 62.5 Å². The second-order valence-electron chi connectivity index (χ2n) is 14.0. The van der Waals surface area contributed by atoms with Crippen LogP contribution in [0.5, 0.6) is 11.5 Å². The first-order chi connectivity index (χ1) is 27.9. The molecule has 2 aliphatic heterocycles. The Hall–Kier alpha value is -6.44. The van der Waals surface area contributed by atoms with Crippen LogP contribution in [-0.2, 0) is 29.2 Å². The Balaban J connectivity index is 1.16. The summed E-state index contributed by atoms with van der Waals surface area (Å²) in [4.78, 5) is 44.2. The third kappa shape index (κ3) is 7.98. The number of morpholine rings is 1. The molecule has 2 aliphatic rings. The first-order valence-electron chi connectivity index (χ1n) is 19.0. The van der Waals surface area contributed by atoms with Gasteiger partial charge in [0.15, 0.2) is 5.65 Å². The van der Waals surface area contributed by atoms with Crippen molar-refractivity contribution in [3.8, 4) is 17.2 Å². The molecule has 2 aromatic heterocycles. The molecule has 0 spiro atoms. The molecule has 0 saturated carbocycles. The van der Waals surface area contributed by atoms with Gasteiger partial charge < -0.3 is 29.2 Å². The molecule has 4 aromatic carbocycles. The normalized spacial score (nSPS) is 14.3. The van der Waals surface area contributed by atoms with E-state index < -0.39 is 6.09 Å². The fraction of sp³-hybridized carbons (Fsp3) is 0.273. The highest BCUT2D eigenvalue weighted by Crippen LogP contribution is 2.40. The van der Waals surface area contributed by atoms with E-state index in [9.17, 15) is 9.59 Å². The number of fused-ring (bicyclic) bond motifs is 2. The molecular weight excluding hydrogens is 723 g/mol. The molecule has 0 atom stereocenters. The molecule has 0 radical (unpaired) electrons. The molecule has 1 saturated heterocycles. The van der Waals surface area contributed by atoms with Crippen LogP contribution in [0.25, 0.3) is 16.7 Å². The predicted molar refractivity (Wildman–Crippen MR) is 220 cm³/mol. The molecule has 13 nitrogen and oxygen atoms in total. The zero-order valence-electron chi connectivity index (χ0n) is 32.3. The fourth-order valence-corrected chi connectivity index (χ4v) is 7.42. The van der Waals surface area contributed by atoms with Crippen molar-refractivity contribution in [2.24, 2.45) is 0 Å². The smallest absolute Gasteiger partial charge is 0.414 e. The quantitative estimate of drug-likeness (QED) is 0.149. The van der Waals surface area contributed by atoms with Gasteiger partial charge in [-0.3, -0.25) is 19.2 Å². The van der Waals surface area contributed by atoms with E-state index in [1.54, 1.807) is 29.9 Å². The Kier molecular flexibility index (Phi) is 11.0. The summed E-state index contributed by atoms with van der Waals surface area (Å²) in [5.41, 5.74) is 6.57. The lowest BCUT2D eigenvalue weighted by Gasteiger charge is -2.38. The topological polar surface area (TPSA) is 124 Å². The average Bonchev–Trinajstić information content (AvgIpc) is 3.25. The maximum absolute atomic E-state index is 15.0. The Morgan fingerprint density at radius 2 is 1.65 bits per heavy atom. The summed E-state index contributed by atoms with van der Waals surface area (Å²) in [5, 5.41) is 3.99. The number of amides is 1. The minimum absolute atomic E-state index is 0.159. The van der Waals surface area contributed by atoms with Crippen LogP contribution in [0.15, 0.2) is 108 Å². The van der Waals surface area contributed by atoms with E-state index in [1.165, 1.54) is 0 Å². The SMILES string of the molecule is COc1ccc(CNc2ncc3cc(N4CCN(C(=O)OCc5ccccc5)c5c(C)cccc54)c(=O)n(-c4ccc(CN5CCOCC5)cc4)c3n2)c(OC)c1. The van der Waals surface area contributed by atoms with Gasteiger partial charge in [0.2, 0.25) is 5.95 Å². The van der Waals surface area contributed by atoms with Gasteiger partial charge in [0.1, 0.15) is 23.8 Å². The van der Waals surface area contributed by atoms with Gasteiger partial charge in [-0.25, -0.2) is 9.78 Å². The van der Waals surface area contributed by atoms with Gasteiger partial charge in [-0.05, 0) is 60.0 Å². The first-order valence-corrected chi connectivity index (χ1v) is 19.0. The van der Waals surface area contributed by atoms with Gasteiger partial charge in [0.05, 0.1) is 44.5 Å². The lowest BCUT2D eigenvalue weighted by molar-refractivity contribution is 0.0342. The Bertz CT molecular complexity index is 2430. The number of nitrogens with one attached hydrogen (secondary N) is 1. The Morgan fingerprint density at radius 3 is 2.42 bits per heavy atom.